The summed E-state index contributed by atoms with van der Waals surface area (Å²) in [4.78, 5) is 15.6. The van der Waals surface area contributed by atoms with Gasteiger partial charge in [-0.25, -0.2) is 8.42 Å². The standard InChI is InChI=1S/C15H19F3N4O4S.HI/c16-15(17,18)26-12-4-2-1-3-11(12)22-14(19)20-7-5-13(23)21-10-6-8-27(24,25)9-10;/h1-4,10H,5-9H2,(H,21,23)(H3,19,20,22);1H. The van der Waals surface area contributed by atoms with Crippen molar-refractivity contribution in [2.75, 3.05) is 23.4 Å². The lowest BCUT2D eigenvalue weighted by molar-refractivity contribution is -0.274. The number of amides is 1. The minimum absolute atomic E-state index is 0. The summed E-state index contributed by atoms with van der Waals surface area (Å²) >= 11 is 0. The molecule has 2 rings (SSSR count). The average Bonchev–Trinajstić information content (AvgIpc) is 2.86. The normalized spacial score (nSPS) is 18.8. The number of hydrogen-bond donors (Lipinski definition) is 3. The van der Waals surface area contributed by atoms with Gasteiger partial charge in [-0.2, -0.15) is 0 Å². The maximum absolute atomic E-state index is 12.4. The van der Waals surface area contributed by atoms with Gasteiger partial charge in [0, 0.05) is 12.5 Å². The van der Waals surface area contributed by atoms with Crippen LogP contribution in [0.5, 0.6) is 5.75 Å². The Morgan fingerprint density at radius 1 is 1.32 bits per heavy atom. The topological polar surface area (TPSA) is 123 Å². The number of nitrogens with one attached hydrogen (secondary N) is 2. The third-order valence-electron chi connectivity index (χ3n) is 3.59. The number of nitrogens with zero attached hydrogens (tertiary/aromatic N) is 1. The Kier molecular flexibility index (Phi) is 8.78. The molecule has 0 saturated carbocycles. The monoisotopic (exact) mass is 536 g/mol. The molecule has 1 fully saturated rings. The second kappa shape index (κ2) is 10.1. The zero-order chi connectivity index (χ0) is 20.1. The van der Waals surface area contributed by atoms with E-state index in [1.807, 2.05) is 0 Å². The summed E-state index contributed by atoms with van der Waals surface area (Å²) in [5, 5.41) is 5.08. The van der Waals surface area contributed by atoms with E-state index in [2.05, 4.69) is 20.4 Å². The fourth-order valence-electron chi connectivity index (χ4n) is 2.45. The molecule has 0 aromatic heterocycles. The molecule has 1 aromatic carbocycles. The molecule has 0 bridgehead atoms. The molecule has 0 radical (unpaired) electrons. The van der Waals surface area contributed by atoms with Crippen molar-refractivity contribution in [2.24, 2.45) is 10.7 Å². The number of carbonyl (C=O) groups is 1. The molecule has 13 heteroatoms. The highest BCUT2D eigenvalue weighted by Crippen LogP contribution is 2.29. The van der Waals surface area contributed by atoms with E-state index < -0.39 is 28.0 Å². The molecule has 1 amide bonds. The first-order valence-electron chi connectivity index (χ1n) is 7.95. The number of para-hydroxylation sites is 2. The first-order chi connectivity index (χ1) is 12.5. The van der Waals surface area contributed by atoms with E-state index in [0.29, 0.717) is 6.42 Å². The van der Waals surface area contributed by atoms with Gasteiger partial charge in [0.15, 0.2) is 21.5 Å². The number of guanidine groups is 1. The van der Waals surface area contributed by atoms with Crippen LogP contribution >= 0.6 is 24.0 Å². The molecule has 0 aliphatic carbocycles. The molecule has 1 saturated heterocycles. The molecule has 28 heavy (non-hydrogen) atoms. The second-order valence-corrected chi connectivity index (χ2v) is 8.08. The Morgan fingerprint density at radius 2 is 2.00 bits per heavy atom. The van der Waals surface area contributed by atoms with Crippen LogP contribution in [0.1, 0.15) is 12.8 Å². The van der Waals surface area contributed by atoms with Crippen molar-refractivity contribution in [3.63, 3.8) is 0 Å². The van der Waals surface area contributed by atoms with Crippen LogP contribution < -0.4 is 21.1 Å². The number of halogens is 4. The molecule has 8 nitrogen and oxygen atoms in total. The van der Waals surface area contributed by atoms with E-state index in [-0.39, 0.29) is 66.0 Å². The highest BCUT2D eigenvalue weighted by Gasteiger charge is 2.32. The van der Waals surface area contributed by atoms with Crippen LogP contribution in [0.15, 0.2) is 29.3 Å². The summed E-state index contributed by atoms with van der Waals surface area (Å²) in [6.07, 6.45) is -4.52. The number of aliphatic imine (C=N–C) groups is 1. The maximum Gasteiger partial charge on any atom is 0.573 e. The van der Waals surface area contributed by atoms with E-state index in [1.54, 1.807) is 0 Å². The zero-order valence-electron chi connectivity index (χ0n) is 14.5. The van der Waals surface area contributed by atoms with E-state index in [9.17, 15) is 26.4 Å². The predicted octanol–water partition coefficient (Wildman–Crippen LogP) is 1.62. The number of benzene rings is 1. The van der Waals surface area contributed by atoms with Gasteiger partial charge in [-0.3, -0.25) is 9.79 Å². The van der Waals surface area contributed by atoms with Gasteiger partial charge in [-0.15, -0.1) is 37.1 Å². The summed E-state index contributed by atoms with van der Waals surface area (Å²) in [5.41, 5.74) is 5.58. The number of sulfone groups is 1. The third kappa shape index (κ3) is 8.50. The Morgan fingerprint density at radius 3 is 2.61 bits per heavy atom. The number of hydrogen-bond acceptors (Lipinski definition) is 5. The van der Waals surface area contributed by atoms with Crippen molar-refractivity contribution < 1.29 is 31.1 Å². The smallest absolute Gasteiger partial charge is 0.404 e. The van der Waals surface area contributed by atoms with E-state index in [0.717, 1.165) is 6.07 Å². The molecule has 1 unspecified atom stereocenters. The largest absolute Gasteiger partial charge is 0.573 e. The Bertz CT molecular complexity index is 818. The highest BCUT2D eigenvalue weighted by molar-refractivity contribution is 14.0. The van der Waals surface area contributed by atoms with Gasteiger partial charge >= 0.3 is 6.36 Å². The zero-order valence-corrected chi connectivity index (χ0v) is 17.7. The molecule has 4 N–H and O–H groups in total. The number of ether oxygens (including phenoxy) is 1. The summed E-state index contributed by atoms with van der Waals surface area (Å²) < 4.78 is 63.7. The van der Waals surface area contributed by atoms with Crippen LogP contribution in [0.4, 0.5) is 18.9 Å². The second-order valence-electron chi connectivity index (χ2n) is 5.85. The Hall–Kier alpha value is -1.77. The minimum atomic E-state index is -4.85. The molecule has 0 spiro atoms. The summed E-state index contributed by atoms with van der Waals surface area (Å²) in [7, 11) is -3.09. The number of rotatable bonds is 6. The molecule has 1 aromatic rings. The van der Waals surface area contributed by atoms with Crippen molar-refractivity contribution in [3.8, 4) is 5.75 Å². The summed E-state index contributed by atoms with van der Waals surface area (Å²) in [6.45, 7) is -0.0214. The van der Waals surface area contributed by atoms with Crippen molar-refractivity contribution in [1.82, 2.24) is 5.32 Å². The molecule has 158 valence electrons. The van der Waals surface area contributed by atoms with E-state index in [4.69, 9.17) is 5.73 Å². The molecular formula is C15H20F3IN4O4S. The molecule has 1 aliphatic heterocycles. The predicted molar refractivity (Wildman–Crippen MR) is 108 cm³/mol. The first-order valence-corrected chi connectivity index (χ1v) is 9.78. The van der Waals surface area contributed by atoms with Gasteiger partial charge < -0.3 is 21.1 Å². The van der Waals surface area contributed by atoms with Crippen LogP contribution in [0.25, 0.3) is 0 Å². The van der Waals surface area contributed by atoms with Gasteiger partial charge in [0.25, 0.3) is 0 Å². The van der Waals surface area contributed by atoms with Gasteiger partial charge in [-0.1, -0.05) is 12.1 Å². The van der Waals surface area contributed by atoms with Crippen LogP contribution in [0.3, 0.4) is 0 Å². The van der Waals surface area contributed by atoms with Crippen molar-refractivity contribution >= 4 is 51.4 Å². The summed E-state index contributed by atoms with van der Waals surface area (Å²) in [6, 6.07) is 4.89. The van der Waals surface area contributed by atoms with Gasteiger partial charge in [-0.05, 0) is 18.6 Å². The fourth-order valence-corrected chi connectivity index (χ4v) is 4.12. The quantitative estimate of drug-likeness (QED) is 0.289. The lowest BCUT2D eigenvalue weighted by atomic mass is 10.2. The molecular weight excluding hydrogens is 516 g/mol. The van der Waals surface area contributed by atoms with Crippen molar-refractivity contribution in [3.05, 3.63) is 24.3 Å². The van der Waals surface area contributed by atoms with Crippen LogP contribution in [-0.2, 0) is 14.6 Å². The number of anilines is 1. The van der Waals surface area contributed by atoms with Gasteiger partial charge in [0.2, 0.25) is 5.91 Å². The van der Waals surface area contributed by atoms with E-state index >= 15 is 0 Å². The van der Waals surface area contributed by atoms with Crippen LogP contribution in [0, 0.1) is 0 Å². The Balaban J connectivity index is 0.00000392. The van der Waals surface area contributed by atoms with Crippen LogP contribution in [-0.4, -0.2) is 50.7 Å². The maximum atomic E-state index is 12.4. The van der Waals surface area contributed by atoms with Crippen molar-refractivity contribution in [2.45, 2.75) is 25.2 Å². The minimum Gasteiger partial charge on any atom is -0.404 e. The lowest BCUT2D eigenvalue weighted by Gasteiger charge is -2.14. The van der Waals surface area contributed by atoms with Gasteiger partial charge in [0.05, 0.1) is 23.7 Å². The lowest BCUT2D eigenvalue weighted by Crippen LogP contribution is -2.36. The SMILES string of the molecule is I.NC(=NCCC(=O)NC1CCS(=O)(=O)C1)Nc1ccccc1OC(F)(F)F. The number of nitrogens with two attached hydrogens (primary N) is 1. The first kappa shape index (κ1) is 24.3. The Labute approximate surface area is 177 Å². The van der Waals surface area contributed by atoms with Crippen molar-refractivity contribution in [1.29, 1.82) is 0 Å². The summed E-state index contributed by atoms with van der Waals surface area (Å²) in [5.74, 6) is -1.07. The average molecular weight is 536 g/mol. The molecule has 1 atom stereocenters. The number of alkyl halides is 3. The van der Waals surface area contributed by atoms with E-state index in [1.165, 1.54) is 18.2 Å². The van der Waals surface area contributed by atoms with Crippen LogP contribution in [0.2, 0.25) is 0 Å². The van der Waals surface area contributed by atoms with Gasteiger partial charge in [0.1, 0.15) is 0 Å². The highest BCUT2D eigenvalue weighted by atomic mass is 127. The molecule has 1 aliphatic rings. The fraction of sp³-hybridized carbons (Fsp3) is 0.467. The third-order valence-corrected chi connectivity index (χ3v) is 5.36. The molecule has 1 heterocycles. The number of carbonyl (C=O) groups excluding carboxylic acids is 1.